The van der Waals surface area contributed by atoms with Gasteiger partial charge >= 0.3 is 11.9 Å². The van der Waals surface area contributed by atoms with E-state index in [4.69, 9.17) is 4.74 Å². The fourth-order valence-electron chi connectivity index (χ4n) is 5.25. The van der Waals surface area contributed by atoms with Crippen molar-refractivity contribution in [3.05, 3.63) is 12.2 Å². The molecule has 3 fully saturated rings. The second-order valence-electron chi connectivity index (χ2n) is 6.76. The molecule has 3 aliphatic rings. The minimum Gasteiger partial charge on any atom is -0.466 e. The number of carbonyl (C=O) groups excluding carboxylic acids is 2. The van der Waals surface area contributed by atoms with Gasteiger partial charge in [0.1, 0.15) is 5.60 Å². The molecule has 116 valence electrons. The maximum atomic E-state index is 12.0. The molecule has 21 heavy (non-hydrogen) atoms. The molecule has 0 spiro atoms. The smallest absolute Gasteiger partial charge is 0.331 e. The minimum atomic E-state index is -0.527. The van der Waals surface area contributed by atoms with Crippen molar-refractivity contribution in [2.45, 2.75) is 51.0 Å². The summed E-state index contributed by atoms with van der Waals surface area (Å²) in [6.45, 7) is 2.11. The lowest BCUT2D eigenvalue weighted by Crippen LogP contribution is -2.44. The van der Waals surface area contributed by atoms with E-state index in [1.165, 1.54) is 38.9 Å². The number of esters is 2. The van der Waals surface area contributed by atoms with E-state index in [1.807, 2.05) is 0 Å². The average Bonchev–Trinajstić information content (AvgIpc) is 3.15. The molecule has 5 atom stereocenters. The van der Waals surface area contributed by atoms with Crippen molar-refractivity contribution in [2.75, 3.05) is 7.11 Å². The lowest BCUT2D eigenvalue weighted by molar-refractivity contribution is -0.164. The van der Waals surface area contributed by atoms with Crippen LogP contribution in [0.1, 0.15) is 45.4 Å². The van der Waals surface area contributed by atoms with Gasteiger partial charge in [-0.25, -0.2) is 9.59 Å². The van der Waals surface area contributed by atoms with Crippen molar-refractivity contribution in [3.63, 3.8) is 0 Å². The molecule has 3 saturated carbocycles. The Morgan fingerprint density at radius 3 is 2.62 bits per heavy atom. The third-order valence-electron chi connectivity index (χ3n) is 6.05. The summed E-state index contributed by atoms with van der Waals surface area (Å²) in [5.41, 5.74) is -0.298. The molecular weight excluding hydrogens is 268 g/mol. The van der Waals surface area contributed by atoms with Crippen LogP contribution in [0.25, 0.3) is 0 Å². The molecule has 3 aliphatic carbocycles. The molecule has 0 radical (unpaired) electrons. The van der Waals surface area contributed by atoms with E-state index in [1.54, 1.807) is 0 Å². The normalized spacial score (nSPS) is 40.5. The van der Waals surface area contributed by atoms with E-state index in [0.717, 1.165) is 36.7 Å². The van der Waals surface area contributed by atoms with Crippen molar-refractivity contribution < 1.29 is 19.1 Å². The summed E-state index contributed by atoms with van der Waals surface area (Å²) in [5, 5.41) is 0. The van der Waals surface area contributed by atoms with Crippen molar-refractivity contribution in [3.8, 4) is 0 Å². The Morgan fingerprint density at radius 1 is 1.19 bits per heavy atom. The first-order valence-corrected chi connectivity index (χ1v) is 8.08. The van der Waals surface area contributed by atoms with Crippen LogP contribution in [-0.4, -0.2) is 24.6 Å². The summed E-state index contributed by atoms with van der Waals surface area (Å²) in [6.07, 6.45) is 9.42. The van der Waals surface area contributed by atoms with Crippen LogP contribution in [0.2, 0.25) is 0 Å². The molecule has 0 aromatic rings. The maximum Gasteiger partial charge on any atom is 0.331 e. The van der Waals surface area contributed by atoms with Crippen LogP contribution in [0.4, 0.5) is 0 Å². The number of hydrogen-bond acceptors (Lipinski definition) is 4. The first-order chi connectivity index (χ1) is 10.1. The fourth-order valence-corrected chi connectivity index (χ4v) is 5.25. The molecule has 0 aromatic carbocycles. The largest absolute Gasteiger partial charge is 0.466 e. The quantitative estimate of drug-likeness (QED) is 0.590. The van der Waals surface area contributed by atoms with Gasteiger partial charge in [-0.15, -0.1) is 0 Å². The predicted molar refractivity (Wildman–Crippen MR) is 77.3 cm³/mol. The summed E-state index contributed by atoms with van der Waals surface area (Å²) >= 11 is 0. The van der Waals surface area contributed by atoms with Crippen LogP contribution in [0, 0.1) is 23.7 Å². The van der Waals surface area contributed by atoms with Gasteiger partial charge in [-0.1, -0.05) is 13.3 Å². The molecule has 0 aliphatic heterocycles. The number of carbonyl (C=O) groups is 2. The highest BCUT2D eigenvalue weighted by Gasteiger charge is 2.61. The van der Waals surface area contributed by atoms with E-state index >= 15 is 0 Å². The zero-order chi connectivity index (χ0) is 15.0. The van der Waals surface area contributed by atoms with Crippen LogP contribution < -0.4 is 0 Å². The van der Waals surface area contributed by atoms with E-state index in [0.29, 0.717) is 5.92 Å². The summed E-state index contributed by atoms with van der Waals surface area (Å²) in [5.74, 6) is 1.95. The molecule has 2 bridgehead atoms. The molecule has 0 aromatic heterocycles. The number of hydrogen-bond donors (Lipinski definition) is 0. The lowest BCUT2D eigenvalue weighted by Gasteiger charge is -2.41. The van der Waals surface area contributed by atoms with Crippen LogP contribution in [0.3, 0.4) is 0 Å². The number of fused-ring (bicyclic) bond motifs is 5. The molecule has 4 heteroatoms. The zero-order valence-electron chi connectivity index (χ0n) is 12.8. The SMILES string of the molecule is CCC1(OC(=O)/C=C/C(=O)OC)CC2CC1C1CCCC21. The molecule has 0 N–H and O–H groups in total. The van der Waals surface area contributed by atoms with Gasteiger partial charge in [0.25, 0.3) is 0 Å². The zero-order valence-corrected chi connectivity index (χ0v) is 12.8. The molecule has 4 nitrogen and oxygen atoms in total. The predicted octanol–water partition coefficient (Wildman–Crippen LogP) is 2.86. The first kappa shape index (κ1) is 14.6. The highest BCUT2D eigenvalue weighted by atomic mass is 16.6. The van der Waals surface area contributed by atoms with Gasteiger partial charge in [0, 0.05) is 18.1 Å². The van der Waals surface area contributed by atoms with E-state index in [2.05, 4.69) is 11.7 Å². The molecular formula is C17H24O4. The maximum absolute atomic E-state index is 12.0. The van der Waals surface area contributed by atoms with E-state index in [-0.39, 0.29) is 5.60 Å². The van der Waals surface area contributed by atoms with E-state index < -0.39 is 11.9 Å². The van der Waals surface area contributed by atoms with E-state index in [9.17, 15) is 9.59 Å². The van der Waals surface area contributed by atoms with Gasteiger partial charge < -0.3 is 9.47 Å². The van der Waals surface area contributed by atoms with Gasteiger partial charge in [-0.05, 0) is 49.9 Å². The van der Waals surface area contributed by atoms with Crippen LogP contribution in [-0.2, 0) is 19.1 Å². The summed E-state index contributed by atoms with van der Waals surface area (Å²) in [7, 11) is 1.29. The molecule has 0 amide bonds. The summed E-state index contributed by atoms with van der Waals surface area (Å²) < 4.78 is 10.3. The Hall–Kier alpha value is -1.32. The Morgan fingerprint density at radius 2 is 1.90 bits per heavy atom. The number of rotatable bonds is 4. The van der Waals surface area contributed by atoms with Gasteiger partial charge in [-0.3, -0.25) is 0 Å². The second-order valence-corrected chi connectivity index (χ2v) is 6.76. The van der Waals surface area contributed by atoms with Crippen LogP contribution in [0.15, 0.2) is 12.2 Å². The number of ether oxygens (including phenoxy) is 2. The standard InChI is InChI=1S/C17H24O4/c1-3-17(21-16(19)8-7-15(18)20-2)10-11-9-14(17)13-6-4-5-12(11)13/h7-8,11-14H,3-6,9-10H2,1-2H3/b8-7+. The molecule has 3 rings (SSSR count). The molecule has 0 heterocycles. The Labute approximate surface area is 125 Å². The monoisotopic (exact) mass is 292 g/mol. The highest BCUT2D eigenvalue weighted by Crippen LogP contribution is 2.64. The minimum absolute atomic E-state index is 0.298. The topological polar surface area (TPSA) is 52.6 Å². The van der Waals surface area contributed by atoms with Crippen molar-refractivity contribution in [1.29, 1.82) is 0 Å². The fraction of sp³-hybridized carbons (Fsp3) is 0.765. The molecule has 5 unspecified atom stereocenters. The third kappa shape index (κ3) is 2.39. The highest BCUT2D eigenvalue weighted by molar-refractivity contribution is 5.91. The molecule has 0 saturated heterocycles. The van der Waals surface area contributed by atoms with Crippen molar-refractivity contribution in [2.24, 2.45) is 23.7 Å². The Bertz CT molecular complexity index is 469. The van der Waals surface area contributed by atoms with Gasteiger partial charge in [0.15, 0.2) is 0 Å². The van der Waals surface area contributed by atoms with Crippen molar-refractivity contribution >= 4 is 11.9 Å². The Balaban J connectivity index is 1.70. The Kier molecular flexibility index (Phi) is 3.80. The van der Waals surface area contributed by atoms with Gasteiger partial charge in [-0.2, -0.15) is 0 Å². The third-order valence-corrected chi connectivity index (χ3v) is 6.05. The van der Waals surface area contributed by atoms with Crippen LogP contribution >= 0.6 is 0 Å². The van der Waals surface area contributed by atoms with Gasteiger partial charge in [0.05, 0.1) is 7.11 Å². The first-order valence-electron chi connectivity index (χ1n) is 8.08. The lowest BCUT2D eigenvalue weighted by atomic mass is 9.71. The van der Waals surface area contributed by atoms with Gasteiger partial charge in [0.2, 0.25) is 0 Å². The van der Waals surface area contributed by atoms with Crippen LogP contribution in [0.5, 0.6) is 0 Å². The number of methoxy groups -OCH3 is 1. The second kappa shape index (κ2) is 5.47. The average molecular weight is 292 g/mol. The summed E-state index contributed by atoms with van der Waals surface area (Å²) in [4.78, 5) is 23.1. The summed E-state index contributed by atoms with van der Waals surface area (Å²) in [6, 6.07) is 0. The van der Waals surface area contributed by atoms with Crippen molar-refractivity contribution in [1.82, 2.24) is 0 Å².